The molecule has 1 aromatic heterocycles. The molecule has 9 heteroatoms. The second-order valence-corrected chi connectivity index (χ2v) is 7.12. The number of sulfonamides is 1. The van der Waals surface area contributed by atoms with Gasteiger partial charge in [-0.15, -0.1) is 0 Å². The highest BCUT2D eigenvalue weighted by molar-refractivity contribution is 7.90. The Morgan fingerprint density at radius 1 is 1.17 bits per heavy atom. The number of aryl methyl sites for hydroxylation is 1. The van der Waals surface area contributed by atoms with Crippen LogP contribution in [0, 0.1) is 13.8 Å². The van der Waals surface area contributed by atoms with E-state index in [2.05, 4.69) is 14.8 Å². The van der Waals surface area contributed by atoms with Crippen molar-refractivity contribution in [1.29, 1.82) is 0 Å². The molecule has 0 unspecified atom stereocenters. The van der Waals surface area contributed by atoms with Crippen molar-refractivity contribution in [2.45, 2.75) is 18.7 Å². The molecule has 0 aliphatic heterocycles. The summed E-state index contributed by atoms with van der Waals surface area (Å²) in [5.41, 5.74) is 1.88. The van der Waals surface area contributed by atoms with Gasteiger partial charge in [0.2, 0.25) is 15.7 Å². The lowest BCUT2D eigenvalue weighted by atomic mass is 10.2. The van der Waals surface area contributed by atoms with Crippen LogP contribution in [-0.4, -0.2) is 13.7 Å². The number of hydrogen-bond donors (Lipinski definition) is 0. The number of halogens is 1. The normalized spacial score (nSPS) is 12.5. The highest BCUT2D eigenvalue weighted by Crippen LogP contribution is 2.17. The fourth-order valence-electron chi connectivity index (χ4n) is 2.00. The van der Waals surface area contributed by atoms with Crippen LogP contribution in [0.4, 0.5) is 0 Å². The van der Waals surface area contributed by atoms with E-state index in [1.807, 2.05) is 6.92 Å². The minimum atomic E-state index is -3.93. The lowest BCUT2D eigenvalue weighted by molar-refractivity contribution is -0.730. The molecule has 7 nitrogen and oxygen atoms in total. The van der Waals surface area contributed by atoms with Gasteiger partial charge in [0.15, 0.2) is 0 Å². The minimum absolute atomic E-state index is 0.0526. The van der Waals surface area contributed by atoms with Crippen LogP contribution in [0.3, 0.4) is 0 Å². The summed E-state index contributed by atoms with van der Waals surface area (Å²) >= 11 is 6.05. The molecule has 124 valence electrons. The summed E-state index contributed by atoms with van der Waals surface area (Å²) in [7, 11) is -3.93. The van der Waals surface area contributed by atoms with Crippen LogP contribution in [0.5, 0.6) is 0 Å². The number of rotatable bonds is 3. The summed E-state index contributed by atoms with van der Waals surface area (Å²) < 4.78 is 33.0. The molecule has 0 radical (unpaired) electrons. The van der Waals surface area contributed by atoms with Gasteiger partial charge in [0.05, 0.1) is 15.2 Å². The first-order chi connectivity index (χ1) is 11.4. The standard InChI is InChI=1S/C15H13ClN4O3S/c1-10-6-8-12(9-7-10)24(21,22)18-15-17-20(19-23-15)14-5-3-4-13(16)11(14)2/h3-9H,1-2H3. The van der Waals surface area contributed by atoms with Crippen LogP contribution in [0.2, 0.25) is 5.02 Å². The molecule has 0 atom stereocenters. The molecule has 1 heterocycles. The van der Waals surface area contributed by atoms with E-state index in [4.69, 9.17) is 16.1 Å². The summed E-state index contributed by atoms with van der Waals surface area (Å²) in [6, 6.07) is 11.5. The molecule has 2 aromatic carbocycles. The van der Waals surface area contributed by atoms with E-state index in [9.17, 15) is 8.42 Å². The Labute approximate surface area is 143 Å². The quantitative estimate of drug-likeness (QED) is 0.656. The molecule has 0 fully saturated rings. The number of benzene rings is 2. The Hall–Kier alpha value is -2.45. The van der Waals surface area contributed by atoms with Gasteiger partial charge in [0, 0.05) is 11.6 Å². The third-order valence-corrected chi connectivity index (χ3v) is 5.03. The average Bonchev–Trinajstić information content (AvgIpc) is 2.98. The maximum absolute atomic E-state index is 12.3. The van der Waals surface area contributed by atoms with Gasteiger partial charge in [-0.1, -0.05) is 40.5 Å². The fraction of sp³-hybridized carbons (Fsp3) is 0.133. The van der Waals surface area contributed by atoms with Gasteiger partial charge in [-0.2, -0.15) is 0 Å². The van der Waals surface area contributed by atoms with E-state index < -0.39 is 10.0 Å². The van der Waals surface area contributed by atoms with Crippen LogP contribution < -0.4 is 15.6 Å². The minimum Gasteiger partial charge on any atom is -0.360 e. The van der Waals surface area contributed by atoms with Crippen molar-refractivity contribution in [3.63, 3.8) is 0 Å². The first kappa shape index (κ1) is 16.4. The molecule has 0 bridgehead atoms. The van der Waals surface area contributed by atoms with Crippen LogP contribution in [-0.2, 0) is 10.0 Å². The lowest BCUT2D eigenvalue weighted by Crippen LogP contribution is -2.41. The first-order valence-corrected chi connectivity index (χ1v) is 8.75. The zero-order valence-corrected chi connectivity index (χ0v) is 14.4. The number of nitrogens with zero attached hydrogens (tertiary/aromatic N) is 4. The summed E-state index contributed by atoms with van der Waals surface area (Å²) in [5.74, 6) is 0. The average molecular weight is 365 g/mol. The zero-order valence-electron chi connectivity index (χ0n) is 12.8. The Morgan fingerprint density at radius 3 is 2.58 bits per heavy atom. The van der Waals surface area contributed by atoms with Gasteiger partial charge in [0.1, 0.15) is 0 Å². The first-order valence-electron chi connectivity index (χ1n) is 6.93. The topological polar surface area (TPSA) is 90.5 Å². The molecule has 0 saturated carbocycles. The predicted octanol–water partition coefficient (Wildman–Crippen LogP) is 1.47. The summed E-state index contributed by atoms with van der Waals surface area (Å²) in [6.07, 6.45) is 0. The van der Waals surface area contributed by atoms with E-state index in [0.29, 0.717) is 10.7 Å². The highest BCUT2D eigenvalue weighted by atomic mass is 35.5. The Balaban J connectivity index is 2.02. The smallest absolute Gasteiger partial charge is 0.261 e. The third kappa shape index (κ3) is 3.24. The maximum Gasteiger partial charge on any atom is 0.261 e. The molecule has 24 heavy (non-hydrogen) atoms. The third-order valence-electron chi connectivity index (χ3n) is 3.35. The molecule has 0 aliphatic carbocycles. The van der Waals surface area contributed by atoms with E-state index in [-0.39, 0.29) is 10.6 Å². The van der Waals surface area contributed by atoms with Crippen LogP contribution in [0.1, 0.15) is 11.1 Å². The van der Waals surface area contributed by atoms with Gasteiger partial charge in [0.25, 0.3) is 5.68 Å². The van der Waals surface area contributed by atoms with Gasteiger partial charge in [-0.3, -0.25) is 0 Å². The zero-order chi connectivity index (χ0) is 17.3. The Bertz CT molecular complexity index is 1050. The Morgan fingerprint density at radius 2 is 1.88 bits per heavy atom. The summed E-state index contributed by atoms with van der Waals surface area (Å²) in [5, 5.41) is 8.18. The lowest BCUT2D eigenvalue weighted by Gasteiger charge is -2.00. The second kappa shape index (κ2) is 6.21. The van der Waals surface area contributed by atoms with Crippen molar-refractivity contribution in [2.75, 3.05) is 0 Å². The monoisotopic (exact) mass is 364 g/mol. The second-order valence-electron chi connectivity index (χ2n) is 5.11. The van der Waals surface area contributed by atoms with Gasteiger partial charge < -0.3 is 4.52 Å². The SMILES string of the molecule is Cc1ccc(S(=O)(=O)N=c2[n-][n+](-c3cccc(Cl)c3C)no2)cc1. The van der Waals surface area contributed by atoms with E-state index in [1.165, 1.54) is 12.1 Å². The molecular formula is C15H13ClN4O3S. The predicted molar refractivity (Wildman–Crippen MR) is 85.0 cm³/mol. The fourth-order valence-corrected chi connectivity index (χ4v) is 3.03. The highest BCUT2D eigenvalue weighted by Gasteiger charge is 2.14. The molecule has 3 aromatic rings. The largest absolute Gasteiger partial charge is 0.360 e. The van der Waals surface area contributed by atoms with Gasteiger partial charge >= 0.3 is 0 Å². The van der Waals surface area contributed by atoms with Crippen molar-refractivity contribution in [2.24, 2.45) is 4.40 Å². The Kier molecular flexibility index (Phi) is 4.25. The van der Waals surface area contributed by atoms with E-state index in [0.717, 1.165) is 15.9 Å². The van der Waals surface area contributed by atoms with Crippen LogP contribution in [0.15, 0.2) is 56.3 Å². The number of hydrogen-bond acceptors (Lipinski definition) is 4. The van der Waals surface area contributed by atoms with E-state index >= 15 is 0 Å². The van der Waals surface area contributed by atoms with Crippen molar-refractivity contribution < 1.29 is 17.7 Å². The van der Waals surface area contributed by atoms with Crippen molar-refractivity contribution in [3.05, 3.63) is 64.3 Å². The molecule has 0 amide bonds. The van der Waals surface area contributed by atoms with Crippen LogP contribution >= 0.6 is 11.6 Å². The molecule has 0 aliphatic rings. The van der Waals surface area contributed by atoms with Crippen molar-refractivity contribution >= 4 is 21.6 Å². The van der Waals surface area contributed by atoms with Gasteiger partial charge in [-0.05, 0) is 36.8 Å². The molecule has 0 spiro atoms. The molecule has 0 N–H and O–H groups in total. The molecule has 3 rings (SSSR count). The summed E-state index contributed by atoms with van der Waals surface area (Å²) in [4.78, 5) is 1.20. The molecule has 0 saturated heterocycles. The van der Waals surface area contributed by atoms with Crippen molar-refractivity contribution in [1.82, 2.24) is 10.4 Å². The van der Waals surface area contributed by atoms with E-state index in [1.54, 1.807) is 37.3 Å². The van der Waals surface area contributed by atoms with Gasteiger partial charge in [-0.25, -0.2) is 12.8 Å². The summed E-state index contributed by atoms with van der Waals surface area (Å²) in [6.45, 7) is 3.66. The maximum atomic E-state index is 12.3. The number of aromatic nitrogens is 3. The molecular weight excluding hydrogens is 352 g/mol. The van der Waals surface area contributed by atoms with Crippen molar-refractivity contribution in [3.8, 4) is 5.69 Å². The van der Waals surface area contributed by atoms with Crippen LogP contribution in [0.25, 0.3) is 5.69 Å².